The van der Waals surface area contributed by atoms with Crippen LogP contribution in [-0.4, -0.2) is 34.7 Å². The molecule has 0 aliphatic carbocycles. The highest BCUT2D eigenvalue weighted by Crippen LogP contribution is 2.12. The number of amides is 2. The molecule has 0 aliphatic heterocycles. The van der Waals surface area contributed by atoms with E-state index in [2.05, 4.69) is 15.7 Å². The Morgan fingerprint density at radius 1 is 1.14 bits per heavy atom. The molecule has 2 aromatic rings. The monoisotopic (exact) mass is 288 g/mol. The molecule has 0 saturated heterocycles. The lowest BCUT2D eigenvalue weighted by molar-refractivity contribution is -0.118. The van der Waals surface area contributed by atoms with Crippen LogP contribution < -0.4 is 16.2 Å². The number of nitrogens with zero attached hydrogens (tertiary/aromatic N) is 2. The highest BCUT2D eigenvalue weighted by molar-refractivity contribution is 6.04. The normalized spacial score (nSPS) is 10.4. The molecular weight excluding hydrogens is 272 g/mol. The minimum Gasteiger partial charge on any atom is -0.355 e. The SMILES string of the molecule is CC(=O)NCCNC(=O)c1nn(C)c(=O)c2ccccc12. The van der Waals surface area contributed by atoms with Gasteiger partial charge in [-0.3, -0.25) is 14.4 Å². The number of hydrogen-bond acceptors (Lipinski definition) is 4. The van der Waals surface area contributed by atoms with Gasteiger partial charge in [0.1, 0.15) is 0 Å². The van der Waals surface area contributed by atoms with Crippen LogP contribution in [0.15, 0.2) is 29.1 Å². The van der Waals surface area contributed by atoms with Gasteiger partial charge in [0.15, 0.2) is 5.69 Å². The van der Waals surface area contributed by atoms with Crippen molar-refractivity contribution in [1.29, 1.82) is 0 Å². The fraction of sp³-hybridized carbons (Fsp3) is 0.286. The standard InChI is InChI=1S/C14H16N4O3/c1-9(19)15-7-8-16-13(20)12-10-5-3-4-6-11(10)14(21)18(2)17-12/h3-6H,7-8H2,1-2H3,(H,15,19)(H,16,20). The predicted octanol–water partition coefficient (Wildman–Crippen LogP) is -0.201. The molecule has 1 heterocycles. The first-order valence-electron chi connectivity index (χ1n) is 6.49. The topological polar surface area (TPSA) is 93.1 Å². The summed E-state index contributed by atoms with van der Waals surface area (Å²) in [6.07, 6.45) is 0. The molecule has 1 aromatic heterocycles. The first-order valence-corrected chi connectivity index (χ1v) is 6.49. The second kappa shape index (κ2) is 6.17. The van der Waals surface area contributed by atoms with Crippen molar-refractivity contribution < 1.29 is 9.59 Å². The second-order valence-corrected chi connectivity index (χ2v) is 4.56. The molecule has 1 aromatic carbocycles. The minimum absolute atomic E-state index is 0.157. The van der Waals surface area contributed by atoms with E-state index in [1.807, 2.05) is 0 Å². The average molecular weight is 288 g/mol. The van der Waals surface area contributed by atoms with E-state index in [4.69, 9.17) is 0 Å². The van der Waals surface area contributed by atoms with Gasteiger partial charge in [-0.1, -0.05) is 18.2 Å². The van der Waals surface area contributed by atoms with Crippen molar-refractivity contribution in [3.05, 3.63) is 40.3 Å². The number of fused-ring (bicyclic) bond motifs is 1. The molecule has 7 heteroatoms. The molecule has 2 amide bonds. The molecule has 0 unspecified atom stereocenters. The molecule has 0 spiro atoms. The van der Waals surface area contributed by atoms with Gasteiger partial charge in [-0.25, -0.2) is 4.68 Å². The van der Waals surface area contributed by atoms with Crippen LogP contribution in [0.4, 0.5) is 0 Å². The molecule has 0 atom stereocenters. The zero-order chi connectivity index (χ0) is 15.4. The highest BCUT2D eigenvalue weighted by Gasteiger charge is 2.14. The van der Waals surface area contributed by atoms with Crippen LogP contribution in [0.3, 0.4) is 0 Å². The molecule has 110 valence electrons. The zero-order valence-electron chi connectivity index (χ0n) is 11.8. The Morgan fingerprint density at radius 3 is 2.43 bits per heavy atom. The average Bonchev–Trinajstić information content (AvgIpc) is 2.47. The van der Waals surface area contributed by atoms with Crippen LogP contribution in [0, 0.1) is 0 Å². The van der Waals surface area contributed by atoms with Crippen LogP contribution in [-0.2, 0) is 11.8 Å². The van der Waals surface area contributed by atoms with Crippen LogP contribution in [0.2, 0.25) is 0 Å². The van der Waals surface area contributed by atoms with Gasteiger partial charge >= 0.3 is 0 Å². The minimum atomic E-state index is -0.382. The number of carbonyl (C=O) groups is 2. The Morgan fingerprint density at radius 2 is 1.76 bits per heavy atom. The van der Waals surface area contributed by atoms with Crippen LogP contribution in [0.1, 0.15) is 17.4 Å². The van der Waals surface area contributed by atoms with Crippen molar-refractivity contribution in [1.82, 2.24) is 20.4 Å². The molecule has 2 N–H and O–H groups in total. The maximum Gasteiger partial charge on any atom is 0.274 e. The molecule has 0 bridgehead atoms. The first kappa shape index (κ1) is 14.7. The van der Waals surface area contributed by atoms with Gasteiger partial charge in [0, 0.05) is 32.4 Å². The predicted molar refractivity (Wildman–Crippen MR) is 78.0 cm³/mol. The molecule has 7 nitrogen and oxygen atoms in total. The Labute approximate surface area is 121 Å². The lowest BCUT2D eigenvalue weighted by Gasteiger charge is -2.09. The molecule has 0 aliphatic rings. The number of aryl methyl sites for hydroxylation is 1. The maximum atomic E-state index is 12.2. The van der Waals surface area contributed by atoms with Gasteiger partial charge in [-0.2, -0.15) is 5.10 Å². The van der Waals surface area contributed by atoms with Gasteiger partial charge < -0.3 is 10.6 Å². The van der Waals surface area contributed by atoms with Crippen molar-refractivity contribution >= 4 is 22.6 Å². The summed E-state index contributed by atoms with van der Waals surface area (Å²) in [6, 6.07) is 6.83. The van der Waals surface area contributed by atoms with Crippen molar-refractivity contribution in [2.24, 2.45) is 7.05 Å². The summed E-state index contributed by atoms with van der Waals surface area (Å²) >= 11 is 0. The lowest BCUT2D eigenvalue weighted by Crippen LogP contribution is -2.35. The number of rotatable bonds is 4. The Kier molecular flexibility index (Phi) is 4.32. The van der Waals surface area contributed by atoms with Gasteiger partial charge in [0.2, 0.25) is 5.91 Å². The largest absolute Gasteiger partial charge is 0.355 e. The number of nitrogens with one attached hydrogen (secondary N) is 2. The molecular formula is C14H16N4O3. The van der Waals surface area contributed by atoms with E-state index in [0.29, 0.717) is 17.3 Å². The quantitative estimate of drug-likeness (QED) is 0.762. The van der Waals surface area contributed by atoms with Crippen molar-refractivity contribution in [3.8, 4) is 0 Å². The van der Waals surface area contributed by atoms with E-state index < -0.39 is 0 Å². The van der Waals surface area contributed by atoms with E-state index in [9.17, 15) is 14.4 Å². The van der Waals surface area contributed by atoms with Gasteiger partial charge in [0.05, 0.1) is 5.39 Å². The smallest absolute Gasteiger partial charge is 0.274 e. The summed E-state index contributed by atoms with van der Waals surface area (Å²) in [5.41, 5.74) is -0.0593. The summed E-state index contributed by atoms with van der Waals surface area (Å²) in [7, 11) is 1.50. The number of hydrogen-bond donors (Lipinski definition) is 2. The summed E-state index contributed by atoms with van der Waals surface area (Å²) in [5, 5.41) is 10.2. The van der Waals surface area contributed by atoms with E-state index in [1.165, 1.54) is 14.0 Å². The van der Waals surface area contributed by atoms with Crippen molar-refractivity contribution in [2.75, 3.05) is 13.1 Å². The Bertz CT molecular complexity index is 751. The first-order chi connectivity index (χ1) is 10.0. The van der Waals surface area contributed by atoms with Gasteiger partial charge in [0.25, 0.3) is 11.5 Å². The summed E-state index contributed by atoms with van der Waals surface area (Å²) in [4.78, 5) is 34.9. The third kappa shape index (κ3) is 3.25. The summed E-state index contributed by atoms with van der Waals surface area (Å²) in [5.74, 6) is -0.540. The summed E-state index contributed by atoms with van der Waals surface area (Å²) < 4.78 is 1.14. The Balaban J connectivity index is 2.25. The fourth-order valence-corrected chi connectivity index (χ4v) is 1.97. The van der Waals surface area contributed by atoms with Crippen LogP contribution in [0.5, 0.6) is 0 Å². The van der Waals surface area contributed by atoms with E-state index in [-0.39, 0.29) is 29.6 Å². The van der Waals surface area contributed by atoms with Gasteiger partial charge in [-0.05, 0) is 6.07 Å². The zero-order valence-corrected chi connectivity index (χ0v) is 11.8. The third-order valence-corrected chi connectivity index (χ3v) is 2.96. The van der Waals surface area contributed by atoms with E-state index in [0.717, 1.165) is 4.68 Å². The molecule has 2 rings (SSSR count). The van der Waals surface area contributed by atoms with E-state index >= 15 is 0 Å². The molecule has 0 saturated carbocycles. The second-order valence-electron chi connectivity index (χ2n) is 4.56. The number of aromatic nitrogens is 2. The lowest BCUT2D eigenvalue weighted by atomic mass is 10.1. The fourth-order valence-electron chi connectivity index (χ4n) is 1.97. The molecule has 21 heavy (non-hydrogen) atoms. The molecule has 0 fully saturated rings. The highest BCUT2D eigenvalue weighted by atomic mass is 16.2. The maximum absolute atomic E-state index is 12.2. The van der Waals surface area contributed by atoms with E-state index in [1.54, 1.807) is 24.3 Å². The summed E-state index contributed by atoms with van der Waals surface area (Å²) in [6.45, 7) is 2.03. The van der Waals surface area contributed by atoms with Crippen LogP contribution in [0.25, 0.3) is 10.8 Å². The van der Waals surface area contributed by atoms with Crippen LogP contribution >= 0.6 is 0 Å². The van der Waals surface area contributed by atoms with Crippen molar-refractivity contribution in [3.63, 3.8) is 0 Å². The molecule has 0 radical (unpaired) electrons. The van der Waals surface area contributed by atoms with Crippen molar-refractivity contribution in [2.45, 2.75) is 6.92 Å². The number of carbonyl (C=O) groups excluding carboxylic acids is 2. The number of benzene rings is 1. The third-order valence-electron chi connectivity index (χ3n) is 2.96. The van der Waals surface area contributed by atoms with Gasteiger partial charge in [-0.15, -0.1) is 0 Å². The Hall–Kier alpha value is -2.70.